The van der Waals surface area contributed by atoms with Crippen LogP contribution in [0.25, 0.3) is 0 Å². The van der Waals surface area contributed by atoms with Crippen molar-refractivity contribution in [3.63, 3.8) is 0 Å². The maximum atomic E-state index is 15.1. The number of amides is 1. The molecule has 1 saturated heterocycles. The van der Waals surface area contributed by atoms with Gasteiger partial charge in [-0.25, -0.2) is 17.2 Å². The monoisotopic (exact) mass is 630 g/mol. The van der Waals surface area contributed by atoms with Gasteiger partial charge in [-0.1, -0.05) is 41.9 Å². The zero-order valence-electron chi connectivity index (χ0n) is 24.0. The molecule has 1 amide bonds. The molecule has 1 aliphatic carbocycles. The Bertz CT molecular complexity index is 1520. The first-order valence-electron chi connectivity index (χ1n) is 14.6. The van der Waals surface area contributed by atoms with Gasteiger partial charge in [0.2, 0.25) is 15.9 Å². The number of nitrogens with zero attached hydrogens (tertiary/aromatic N) is 1. The van der Waals surface area contributed by atoms with E-state index < -0.39 is 39.5 Å². The molecule has 0 radical (unpaired) electrons. The molecule has 11 heteroatoms. The van der Waals surface area contributed by atoms with Crippen LogP contribution in [0.3, 0.4) is 0 Å². The van der Waals surface area contributed by atoms with Gasteiger partial charge in [-0.2, -0.15) is 4.31 Å². The van der Waals surface area contributed by atoms with E-state index >= 15 is 4.39 Å². The van der Waals surface area contributed by atoms with Crippen molar-refractivity contribution in [1.82, 2.24) is 9.62 Å². The molecule has 0 unspecified atom stereocenters. The van der Waals surface area contributed by atoms with Gasteiger partial charge in [0.1, 0.15) is 11.6 Å². The molecule has 1 aliphatic heterocycles. The largest absolute Gasteiger partial charge is 0.324 e. The summed E-state index contributed by atoms with van der Waals surface area (Å²) in [6.07, 6.45) is 2.75. The van der Waals surface area contributed by atoms with Crippen LogP contribution in [0.5, 0.6) is 0 Å². The SMILES string of the molecule is C[C@@H]1CNC[C@H](CCCc2c(F)cccc2NC(=O)[C@@H](N)[C@H](c2cccc(F)c2)c2cccc(Cl)c2)N1S(=O)(=O)C1CC1. The number of piperazine rings is 1. The van der Waals surface area contributed by atoms with E-state index in [0.29, 0.717) is 72.6 Å². The van der Waals surface area contributed by atoms with Gasteiger partial charge in [0.25, 0.3) is 0 Å². The molecule has 1 heterocycles. The van der Waals surface area contributed by atoms with Gasteiger partial charge in [0, 0.05) is 47.4 Å². The fourth-order valence-corrected chi connectivity index (χ4v) is 8.49. The molecular formula is C32H37ClF2N4O3S. The van der Waals surface area contributed by atoms with Crippen LogP contribution < -0.4 is 16.4 Å². The number of anilines is 1. The van der Waals surface area contributed by atoms with Crippen molar-refractivity contribution < 1.29 is 22.0 Å². The Morgan fingerprint density at radius 3 is 2.47 bits per heavy atom. The molecule has 5 rings (SSSR count). The molecule has 0 bridgehead atoms. The van der Waals surface area contributed by atoms with E-state index in [4.69, 9.17) is 17.3 Å². The number of hydrogen-bond donors (Lipinski definition) is 3. The predicted molar refractivity (Wildman–Crippen MR) is 166 cm³/mol. The molecule has 230 valence electrons. The molecule has 4 atom stereocenters. The number of nitrogens with two attached hydrogens (primary N) is 1. The Hall–Kier alpha value is -2.89. The minimum atomic E-state index is -3.37. The number of hydrogen-bond acceptors (Lipinski definition) is 5. The number of carbonyl (C=O) groups excluding carboxylic acids is 1. The summed E-state index contributed by atoms with van der Waals surface area (Å²) in [6.45, 7) is 3.04. The topological polar surface area (TPSA) is 105 Å². The summed E-state index contributed by atoms with van der Waals surface area (Å²) < 4.78 is 57.3. The van der Waals surface area contributed by atoms with E-state index in [1.165, 1.54) is 24.3 Å². The lowest BCUT2D eigenvalue weighted by atomic mass is 9.85. The second-order valence-electron chi connectivity index (χ2n) is 11.5. The van der Waals surface area contributed by atoms with Crippen molar-refractivity contribution in [2.24, 2.45) is 5.73 Å². The van der Waals surface area contributed by atoms with Crippen LogP contribution in [0.4, 0.5) is 14.5 Å². The number of halogens is 3. The number of rotatable bonds is 11. The third-order valence-electron chi connectivity index (χ3n) is 8.27. The van der Waals surface area contributed by atoms with Crippen molar-refractivity contribution >= 4 is 33.2 Å². The van der Waals surface area contributed by atoms with E-state index in [1.807, 2.05) is 6.92 Å². The van der Waals surface area contributed by atoms with E-state index in [9.17, 15) is 17.6 Å². The van der Waals surface area contributed by atoms with Crippen molar-refractivity contribution in [3.05, 3.63) is 100 Å². The molecular weight excluding hydrogens is 594 g/mol. The van der Waals surface area contributed by atoms with Crippen LogP contribution in [-0.2, 0) is 21.2 Å². The highest BCUT2D eigenvalue weighted by Crippen LogP contribution is 2.35. The molecule has 43 heavy (non-hydrogen) atoms. The second-order valence-corrected chi connectivity index (χ2v) is 14.1. The third kappa shape index (κ3) is 7.26. The van der Waals surface area contributed by atoms with Gasteiger partial charge < -0.3 is 16.4 Å². The lowest BCUT2D eigenvalue weighted by Crippen LogP contribution is -2.58. The Morgan fingerprint density at radius 1 is 1.07 bits per heavy atom. The molecule has 4 N–H and O–H groups in total. The lowest BCUT2D eigenvalue weighted by Gasteiger charge is -2.40. The Balaban J connectivity index is 1.32. The predicted octanol–water partition coefficient (Wildman–Crippen LogP) is 5.19. The molecule has 1 saturated carbocycles. The van der Waals surface area contributed by atoms with Gasteiger partial charge in [0.05, 0.1) is 11.3 Å². The van der Waals surface area contributed by atoms with Crippen molar-refractivity contribution in [2.45, 2.75) is 68.3 Å². The van der Waals surface area contributed by atoms with Gasteiger partial charge in [-0.15, -0.1) is 0 Å². The van der Waals surface area contributed by atoms with Crippen LogP contribution >= 0.6 is 11.6 Å². The number of nitrogens with one attached hydrogen (secondary N) is 2. The average Bonchev–Trinajstić information content (AvgIpc) is 3.81. The molecule has 3 aromatic carbocycles. The van der Waals surface area contributed by atoms with Gasteiger partial charge in [-0.05, 0) is 86.6 Å². The normalized spacial score (nSPS) is 20.9. The molecule has 0 spiro atoms. The fraction of sp³-hybridized carbons (Fsp3) is 0.406. The zero-order valence-corrected chi connectivity index (χ0v) is 25.6. The molecule has 7 nitrogen and oxygen atoms in total. The standard InChI is InChI=1S/C32H37ClF2N4O3S/c1-20-18-37-19-25(39(20)43(41,42)26-14-15-26)10-4-11-27-28(35)12-5-13-29(27)38-32(40)31(36)30(21-6-2-8-23(33)16-21)22-7-3-9-24(34)17-22/h2-3,5-9,12-13,16-17,20,25-26,30-31,37H,4,10-11,14-15,18-19,36H2,1H3,(H,38,40)/t20-,25+,30+,31+/m1/s1. The third-order valence-corrected chi connectivity index (χ3v) is 11.1. The van der Waals surface area contributed by atoms with E-state index in [-0.39, 0.29) is 17.3 Å². The zero-order chi connectivity index (χ0) is 30.7. The lowest BCUT2D eigenvalue weighted by molar-refractivity contribution is -0.117. The minimum Gasteiger partial charge on any atom is -0.324 e. The summed E-state index contributed by atoms with van der Waals surface area (Å²) in [7, 11) is -3.37. The van der Waals surface area contributed by atoms with E-state index in [2.05, 4.69) is 10.6 Å². The first-order chi connectivity index (χ1) is 20.6. The van der Waals surface area contributed by atoms with Crippen molar-refractivity contribution in [1.29, 1.82) is 0 Å². The van der Waals surface area contributed by atoms with Gasteiger partial charge in [-0.3, -0.25) is 4.79 Å². The highest BCUT2D eigenvalue weighted by molar-refractivity contribution is 7.90. The highest BCUT2D eigenvalue weighted by Gasteiger charge is 2.45. The summed E-state index contributed by atoms with van der Waals surface area (Å²) in [5.74, 6) is -2.21. The quantitative estimate of drug-likeness (QED) is 0.270. The molecule has 2 fully saturated rings. The highest BCUT2D eigenvalue weighted by atomic mass is 35.5. The maximum Gasteiger partial charge on any atom is 0.242 e. The summed E-state index contributed by atoms with van der Waals surface area (Å²) in [5.41, 5.74) is 8.28. The smallest absolute Gasteiger partial charge is 0.242 e. The number of benzene rings is 3. The average molecular weight is 631 g/mol. The van der Waals surface area contributed by atoms with Crippen LogP contribution in [0.1, 0.15) is 55.2 Å². The summed E-state index contributed by atoms with van der Waals surface area (Å²) in [6, 6.07) is 15.7. The van der Waals surface area contributed by atoms with Gasteiger partial charge >= 0.3 is 0 Å². The molecule has 2 aliphatic rings. The van der Waals surface area contributed by atoms with E-state index in [1.54, 1.807) is 46.8 Å². The Kier molecular flexibility index (Phi) is 9.83. The first kappa shape index (κ1) is 31.5. The molecule has 3 aromatic rings. The summed E-state index contributed by atoms with van der Waals surface area (Å²) >= 11 is 6.23. The Labute approximate surface area is 256 Å². The maximum absolute atomic E-state index is 15.1. The van der Waals surface area contributed by atoms with Crippen LogP contribution in [-0.4, -0.2) is 55.1 Å². The van der Waals surface area contributed by atoms with Crippen molar-refractivity contribution in [2.75, 3.05) is 18.4 Å². The van der Waals surface area contributed by atoms with Gasteiger partial charge in [0.15, 0.2) is 0 Å². The number of carbonyl (C=O) groups is 1. The van der Waals surface area contributed by atoms with E-state index in [0.717, 1.165) is 0 Å². The Morgan fingerprint density at radius 2 is 1.77 bits per heavy atom. The second kappa shape index (κ2) is 13.4. The van der Waals surface area contributed by atoms with Crippen molar-refractivity contribution in [3.8, 4) is 0 Å². The van der Waals surface area contributed by atoms with Crippen LogP contribution in [0.15, 0.2) is 66.7 Å². The summed E-state index contributed by atoms with van der Waals surface area (Å²) in [5, 5.41) is 6.27. The fourth-order valence-electron chi connectivity index (χ4n) is 6.04. The minimum absolute atomic E-state index is 0.153. The summed E-state index contributed by atoms with van der Waals surface area (Å²) in [4.78, 5) is 13.5. The van der Waals surface area contributed by atoms with Crippen LogP contribution in [0, 0.1) is 11.6 Å². The first-order valence-corrected chi connectivity index (χ1v) is 16.5. The number of sulfonamides is 1. The van der Waals surface area contributed by atoms with Crippen LogP contribution in [0.2, 0.25) is 5.02 Å². The molecule has 0 aromatic heterocycles.